The van der Waals surface area contributed by atoms with Gasteiger partial charge in [0.2, 0.25) is 5.91 Å². The molecule has 0 spiro atoms. The summed E-state index contributed by atoms with van der Waals surface area (Å²) in [5.74, 6) is 0.609. The van der Waals surface area contributed by atoms with Crippen molar-refractivity contribution in [3.05, 3.63) is 29.3 Å². The minimum atomic E-state index is -0.0656. The first-order valence-corrected chi connectivity index (χ1v) is 7.18. The van der Waals surface area contributed by atoms with E-state index >= 15 is 0 Å². The van der Waals surface area contributed by atoms with E-state index in [1.165, 1.54) is 0 Å². The Morgan fingerprint density at radius 3 is 2.63 bits per heavy atom. The molecule has 4 heteroatoms. The standard InChI is InChI=1S/C15H23ClN2O/c1-4-11(2)9-12(3)17-10-15(19)18-14-8-6-5-7-13(14)16/h5-8,11-12,17H,4,9-10H2,1-3H3,(H,18,19). The number of benzene rings is 1. The molecule has 0 bridgehead atoms. The van der Waals surface area contributed by atoms with Crippen LogP contribution in [0.3, 0.4) is 0 Å². The minimum absolute atomic E-state index is 0.0656. The van der Waals surface area contributed by atoms with E-state index in [1.54, 1.807) is 12.1 Å². The van der Waals surface area contributed by atoms with Gasteiger partial charge >= 0.3 is 0 Å². The summed E-state index contributed by atoms with van der Waals surface area (Å²) in [7, 11) is 0. The van der Waals surface area contributed by atoms with Gasteiger partial charge in [-0.2, -0.15) is 0 Å². The monoisotopic (exact) mass is 282 g/mol. The van der Waals surface area contributed by atoms with Crippen molar-refractivity contribution in [3.63, 3.8) is 0 Å². The number of amides is 1. The van der Waals surface area contributed by atoms with Gasteiger partial charge in [0, 0.05) is 6.04 Å². The van der Waals surface area contributed by atoms with Gasteiger partial charge in [-0.1, -0.05) is 44.0 Å². The number of carbonyl (C=O) groups excluding carboxylic acids is 1. The first kappa shape index (κ1) is 16.0. The van der Waals surface area contributed by atoms with Crippen molar-refractivity contribution >= 4 is 23.2 Å². The van der Waals surface area contributed by atoms with Crippen molar-refractivity contribution < 1.29 is 4.79 Å². The molecular weight excluding hydrogens is 260 g/mol. The third-order valence-corrected chi connectivity index (χ3v) is 3.54. The highest BCUT2D eigenvalue weighted by Crippen LogP contribution is 2.20. The third kappa shape index (κ3) is 6.08. The molecule has 0 aliphatic carbocycles. The van der Waals surface area contributed by atoms with E-state index in [1.807, 2.05) is 12.1 Å². The number of carbonyl (C=O) groups is 1. The lowest BCUT2D eigenvalue weighted by molar-refractivity contribution is -0.115. The van der Waals surface area contributed by atoms with Crippen LogP contribution >= 0.6 is 11.6 Å². The summed E-state index contributed by atoms with van der Waals surface area (Å²) in [6.07, 6.45) is 2.24. The van der Waals surface area contributed by atoms with Gasteiger partial charge in [-0.15, -0.1) is 0 Å². The summed E-state index contributed by atoms with van der Waals surface area (Å²) in [4.78, 5) is 11.8. The molecule has 1 amide bonds. The number of hydrogen-bond acceptors (Lipinski definition) is 2. The van der Waals surface area contributed by atoms with Crippen LogP contribution in [0.25, 0.3) is 0 Å². The molecule has 0 aromatic heterocycles. The van der Waals surface area contributed by atoms with Gasteiger partial charge in [0.15, 0.2) is 0 Å². The Bertz CT molecular complexity index is 409. The molecule has 0 aliphatic rings. The van der Waals surface area contributed by atoms with Crippen molar-refractivity contribution in [2.75, 3.05) is 11.9 Å². The van der Waals surface area contributed by atoms with Crippen molar-refractivity contribution in [1.29, 1.82) is 0 Å². The van der Waals surface area contributed by atoms with Crippen molar-refractivity contribution in [2.45, 2.75) is 39.7 Å². The largest absolute Gasteiger partial charge is 0.324 e. The maximum absolute atomic E-state index is 11.8. The number of para-hydroxylation sites is 1. The maximum atomic E-state index is 11.8. The SMILES string of the molecule is CCC(C)CC(C)NCC(=O)Nc1ccccc1Cl. The predicted molar refractivity (Wildman–Crippen MR) is 81.6 cm³/mol. The van der Waals surface area contributed by atoms with Crippen molar-refractivity contribution in [3.8, 4) is 0 Å². The van der Waals surface area contributed by atoms with Crippen LogP contribution in [0.15, 0.2) is 24.3 Å². The molecule has 19 heavy (non-hydrogen) atoms. The molecule has 2 atom stereocenters. The van der Waals surface area contributed by atoms with E-state index in [4.69, 9.17) is 11.6 Å². The van der Waals surface area contributed by atoms with Crippen LogP contribution in [0, 0.1) is 5.92 Å². The first-order valence-electron chi connectivity index (χ1n) is 6.80. The highest BCUT2D eigenvalue weighted by atomic mass is 35.5. The summed E-state index contributed by atoms with van der Waals surface area (Å²) in [5.41, 5.74) is 0.658. The van der Waals surface area contributed by atoms with Gasteiger partial charge in [0.05, 0.1) is 17.3 Å². The van der Waals surface area contributed by atoms with E-state index in [9.17, 15) is 4.79 Å². The molecule has 0 fully saturated rings. The van der Waals surface area contributed by atoms with Crippen LogP contribution in [0.2, 0.25) is 5.02 Å². The molecule has 0 saturated carbocycles. The lowest BCUT2D eigenvalue weighted by atomic mass is 10.0. The Morgan fingerprint density at radius 2 is 2.00 bits per heavy atom. The van der Waals surface area contributed by atoms with Crippen molar-refractivity contribution in [1.82, 2.24) is 5.32 Å². The Kier molecular flexibility index (Phi) is 6.89. The number of halogens is 1. The number of nitrogens with one attached hydrogen (secondary N) is 2. The average Bonchev–Trinajstić information content (AvgIpc) is 2.39. The maximum Gasteiger partial charge on any atom is 0.238 e. The average molecular weight is 283 g/mol. The fourth-order valence-corrected chi connectivity index (χ4v) is 2.06. The van der Waals surface area contributed by atoms with Crippen molar-refractivity contribution in [2.24, 2.45) is 5.92 Å². The van der Waals surface area contributed by atoms with E-state index in [0.29, 0.717) is 29.2 Å². The summed E-state index contributed by atoms with van der Waals surface area (Å²) in [5, 5.41) is 6.59. The fourth-order valence-electron chi connectivity index (χ4n) is 1.88. The topological polar surface area (TPSA) is 41.1 Å². The molecule has 0 saturated heterocycles. The molecule has 0 radical (unpaired) electrons. The molecule has 2 N–H and O–H groups in total. The zero-order valence-electron chi connectivity index (χ0n) is 11.9. The molecule has 1 rings (SSSR count). The smallest absolute Gasteiger partial charge is 0.238 e. The Hall–Kier alpha value is -1.06. The van der Waals surface area contributed by atoms with Gasteiger partial charge in [0.25, 0.3) is 0 Å². The molecule has 1 aromatic carbocycles. The molecule has 0 aliphatic heterocycles. The fraction of sp³-hybridized carbons (Fsp3) is 0.533. The quantitative estimate of drug-likeness (QED) is 0.801. The van der Waals surface area contributed by atoms with Crippen LogP contribution in [0.1, 0.15) is 33.6 Å². The van der Waals surface area contributed by atoms with Crippen LogP contribution in [0.5, 0.6) is 0 Å². The molecule has 0 heterocycles. The second kappa shape index (κ2) is 8.18. The molecule has 106 valence electrons. The molecule has 2 unspecified atom stereocenters. The van der Waals surface area contributed by atoms with E-state index < -0.39 is 0 Å². The summed E-state index contributed by atoms with van der Waals surface area (Å²) < 4.78 is 0. The Labute approximate surface area is 120 Å². The molecule has 3 nitrogen and oxygen atoms in total. The second-order valence-corrected chi connectivity index (χ2v) is 5.47. The van der Waals surface area contributed by atoms with Crippen LogP contribution in [-0.2, 0) is 4.79 Å². The van der Waals surface area contributed by atoms with Gasteiger partial charge in [0.1, 0.15) is 0 Å². The summed E-state index contributed by atoms with van der Waals surface area (Å²) >= 11 is 5.98. The Morgan fingerprint density at radius 1 is 1.32 bits per heavy atom. The highest BCUT2D eigenvalue weighted by molar-refractivity contribution is 6.33. The van der Waals surface area contributed by atoms with Gasteiger partial charge in [-0.3, -0.25) is 4.79 Å². The number of anilines is 1. The number of rotatable bonds is 7. The van der Waals surface area contributed by atoms with Gasteiger partial charge < -0.3 is 10.6 Å². The second-order valence-electron chi connectivity index (χ2n) is 5.06. The van der Waals surface area contributed by atoms with E-state index in [2.05, 4.69) is 31.4 Å². The predicted octanol–water partition coefficient (Wildman–Crippen LogP) is 3.69. The zero-order chi connectivity index (χ0) is 14.3. The lowest BCUT2D eigenvalue weighted by Gasteiger charge is -2.17. The number of hydrogen-bond donors (Lipinski definition) is 2. The highest BCUT2D eigenvalue weighted by Gasteiger charge is 2.09. The van der Waals surface area contributed by atoms with E-state index in [0.717, 1.165) is 12.8 Å². The van der Waals surface area contributed by atoms with Crippen LogP contribution in [-0.4, -0.2) is 18.5 Å². The van der Waals surface area contributed by atoms with E-state index in [-0.39, 0.29) is 5.91 Å². The van der Waals surface area contributed by atoms with Gasteiger partial charge in [-0.25, -0.2) is 0 Å². The lowest BCUT2D eigenvalue weighted by Crippen LogP contribution is -2.35. The minimum Gasteiger partial charge on any atom is -0.324 e. The molecule has 1 aromatic rings. The summed E-state index contributed by atoms with van der Waals surface area (Å²) in [6, 6.07) is 7.58. The van der Waals surface area contributed by atoms with Gasteiger partial charge in [-0.05, 0) is 31.4 Å². The Balaban J connectivity index is 2.34. The third-order valence-electron chi connectivity index (χ3n) is 3.21. The van der Waals surface area contributed by atoms with Crippen LogP contribution < -0.4 is 10.6 Å². The molecular formula is C15H23ClN2O. The zero-order valence-corrected chi connectivity index (χ0v) is 12.6. The summed E-state index contributed by atoms with van der Waals surface area (Å²) in [6.45, 7) is 6.82. The first-order chi connectivity index (χ1) is 9.02. The normalized spacial score (nSPS) is 13.9. The van der Waals surface area contributed by atoms with Crippen LogP contribution in [0.4, 0.5) is 5.69 Å².